The fourth-order valence-corrected chi connectivity index (χ4v) is 1.80. The summed E-state index contributed by atoms with van der Waals surface area (Å²) < 4.78 is 0. The Labute approximate surface area is 90.0 Å². The lowest BCUT2D eigenvalue weighted by atomic mass is 10.0. The third kappa shape index (κ3) is 2.44. The second kappa shape index (κ2) is 5.29. The van der Waals surface area contributed by atoms with E-state index in [1.807, 2.05) is 24.4 Å². The number of pyridine rings is 1. The average Bonchev–Trinajstić information content (AvgIpc) is 2.67. The van der Waals surface area contributed by atoms with E-state index in [4.69, 9.17) is 5.11 Å². The molecule has 1 aromatic rings. The molecule has 0 spiro atoms. The number of rotatable bonds is 2. The minimum absolute atomic E-state index is 0. The van der Waals surface area contributed by atoms with Crippen molar-refractivity contribution in [2.75, 3.05) is 13.2 Å². The van der Waals surface area contributed by atoms with E-state index in [1.54, 1.807) is 0 Å². The van der Waals surface area contributed by atoms with Crippen molar-refractivity contribution in [2.45, 2.75) is 18.4 Å². The van der Waals surface area contributed by atoms with Gasteiger partial charge in [-0.2, -0.15) is 0 Å². The highest BCUT2D eigenvalue weighted by atomic mass is 35.5. The highest BCUT2D eigenvalue weighted by Crippen LogP contribution is 2.23. The quantitative estimate of drug-likeness (QED) is 0.771. The second-order valence-corrected chi connectivity index (χ2v) is 3.47. The van der Waals surface area contributed by atoms with Crippen LogP contribution in [-0.4, -0.2) is 29.3 Å². The van der Waals surface area contributed by atoms with Gasteiger partial charge in [-0.3, -0.25) is 4.98 Å². The molecular weight excluding hydrogens is 200 g/mol. The molecule has 1 aliphatic rings. The summed E-state index contributed by atoms with van der Waals surface area (Å²) in [4.78, 5) is 4.31. The fraction of sp³-hybridized carbons (Fsp3) is 0.500. The number of nitrogens with one attached hydrogen (secondary N) is 1. The summed E-state index contributed by atoms with van der Waals surface area (Å²) in [6, 6.07) is 6.24. The topological polar surface area (TPSA) is 45.2 Å². The third-order valence-electron chi connectivity index (χ3n) is 2.55. The lowest BCUT2D eigenvalue weighted by Crippen LogP contribution is -2.24. The van der Waals surface area contributed by atoms with Crippen LogP contribution < -0.4 is 5.32 Å². The minimum atomic E-state index is 0. The molecule has 1 aliphatic heterocycles. The summed E-state index contributed by atoms with van der Waals surface area (Å²) in [6.07, 6.45) is 2.81. The Bertz CT molecular complexity index is 268. The van der Waals surface area contributed by atoms with Crippen molar-refractivity contribution in [2.24, 2.45) is 0 Å². The average molecular weight is 215 g/mol. The van der Waals surface area contributed by atoms with Crippen LogP contribution in [-0.2, 0) is 0 Å². The largest absolute Gasteiger partial charge is 0.395 e. The van der Waals surface area contributed by atoms with E-state index in [1.165, 1.54) is 0 Å². The maximum Gasteiger partial charge on any atom is 0.0584 e. The lowest BCUT2D eigenvalue weighted by Gasteiger charge is -2.06. The van der Waals surface area contributed by atoms with Crippen LogP contribution in [0.15, 0.2) is 24.4 Å². The van der Waals surface area contributed by atoms with Gasteiger partial charge in [0.2, 0.25) is 0 Å². The summed E-state index contributed by atoms with van der Waals surface area (Å²) >= 11 is 0. The van der Waals surface area contributed by atoms with Crippen LogP contribution >= 0.6 is 12.4 Å². The molecule has 0 aromatic carbocycles. The maximum atomic E-state index is 8.95. The minimum Gasteiger partial charge on any atom is -0.395 e. The molecule has 0 saturated carbocycles. The molecule has 0 aliphatic carbocycles. The summed E-state index contributed by atoms with van der Waals surface area (Å²) in [5.41, 5.74) is 1.13. The molecule has 1 fully saturated rings. The highest BCUT2D eigenvalue weighted by molar-refractivity contribution is 5.85. The van der Waals surface area contributed by atoms with Gasteiger partial charge in [0, 0.05) is 30.4 Å². The van der Waals surface area contributed by atoms with E-state index in [0.717, 1.165) is 18.7 Å². The summed E-state index contributed by atoms with van der Waals surface area (Å²) in [5.74, 6) is 0.471. The van der Waals surface area contributed by atoms with Gasteiger partial charge in [0.25, 0.3) is 0 Å². The van der Waals surface area contributed by atoms with Crippen molar-refractivity contribution >= 4 is 12.4 Å². The van der Waals surface area contributed by atoms with Gasteiger partial charge in [0.1, 0.15) is 0 Å². The van der Waals surface area contributed by atoms with Crippen molar-refractivity contribution < 1.29 is 5.11 Å². The highest BCUT2D eigenvalue weighted by Gasteiger charge is 2.24. The lowest BCUT2D eigenvalue weighted by molar-refractivity contribution is 0.254. The number of hydrogen-bond donors (Lipinski definition) is 2. The van der Waals surface area contributed by atoms with Crippen molar-refractivity contribution in [3.8, 4) is 0 Å². The van der Waals surface area contributed by atoms with E-state index in [0.29, 0.717) is 5.92 Å². The summed E-state index contributed by atoms with van der Waals surface area (Å²) in [7, 11) is 0. The van der Waals surface area contributed by atoms with E-state index in [2.05, 4.69) is 10.3 Å². The zero-order chi connectivity index (χ0) is 9.10. The Morgan fingerprint density at radius 1 is 1.50 bits per heavy atom. The number of aromatic nitrogens is 1. The Morgan fingerprint density at radius 2 is 2.36 bits per heavy atom. The van der Waals surface area contributed by atoms with Crippen LogP contribution in [0, 0.1) is 0 Å². The zero-order valence-electron chi connectivity index (χ0n) is 7.89. The Hall–Kier alpha value is -0.640. The molecule has 78 valence electrons. The number of hydrogen-bond acceptors (Lipinski definition) is 3. The van der Waals surface area contributed by atoms with Crippen LogP contribution in [0.5, 0.6) is 0 Å². The van der Waals surface area contributed by atoms with Gasteiger partial charge in [-0.25, -0.2) is 0 Å². The van der Waals surface area contributed by atoms with E-state index >= 15 is 0 Å². The molecule has 14 heavy (non-hydrogen) atoms. The SMILES string of the molecule is Cl.OC[C@@H]1C[C@H](c2ccccn2)CN1. The van der Waals surface area contributed by atoms with Crippen molar-refractivity contribution in [3.05, 3.63) is 30.1 Å². The monoisotopic (exact) mass is 214 g/mol. The summed E-state index contributed by atoms with van der Waals surface area (Å²) in [5, 5.41) is 12.2. The number of halogens is 1. The second-order valence-electron chi connectivity index (χ2n) is 3.47. The van der Waals surface area contributed by atoms with Crippen LogP contribution in [0.2, 0.25) is 0 Å². The first-order valence-electron chi connectivity index (χ1n) is 4.65. The molecule has 0 amide bonds. The molecule has 0 unspecified atom stereocenters. The summed E-state index contributed by atoms with van der Waals surface area (Å²) in [6.45, 7) is 1.16. The molecule has 3 nitrogen and oxygen atoms in total. The van der Waals surface area contributed by atoms with Crippen molar-refractivity contribution in [3.63, 3.8) is 0 Å². The first-order valence-corrected chi connectivity index (χ1v) is 4.65. The Balaban J connectivity index is 0.000000980. The van der Waals surface area contributed by atoms with Gasteiger partial charge in [-0.05, 0) is 18.6 Å². The zero-order valence-corrected chi connectivity index (χ0v) is 8.70. The van der Waals surface area contributed by atoms with Gasteiger partial charge in [-0.15, -0.1) is 12.4 Å². The first-order chi connectivity index (χ1) is 6.40. The van der Waals surface area contributed by atoms with Gasteiger partial charge in [0.05, 0.1) is 6.61 Å². The molecular formula is C10H15ClN2O. The molecule has 0 radical (unpaired) electrons. The third-order valence-corrected chi connectivity index (χ3v) is 2.55. The molecule has 1 saturated heterocycles. The predicted octanol–water partition coefficient (Wildman–Crippen LogP) is 0.941. The first kappa shape index (κ1) is 11.4. The molecule has 2 N–H and O–H groups in total. The van der Waals surface area contributed by atoms with E-state index in [-0.39, 0.29) is 25.1 Å². The van der Waals surface area contributed by atoms with Crippen LogP contribution in [0.25, 0.3) is 0 Å². The molecule has 4 heteroatoms. The van der Waals surface area contributed by atoms with Gasteiger partial charge in [-0.1, -0.05) is 6.07 Å². The molecule has 2 heterocycles. The number of nitrogens with zero attached hydrogens (tertiary/aromatic N) is 1. The van der Waals surface area contributed by atoms with E-state index in [9.17, 15) is 0 Å². The van der Waals surface area contributed by atoms with Gasteiger partial charge in [0.15, 0.2) is 0 Å². The molecule has 2 rings (SSSR count). The van der Waals surface area contributed by atoms with Crippen LogP contribution in [0.4, 0.5) is 0 Å². The smallest absolute Gasteiger partial charge is 0.0584 e. The maximum absolute atomic E-state index is 8.95. The number of aliphatic hydroxyl groups is 1. The van der Waals surface area contributed by atoms with Crippen LogP contribution in [0.1, 0.15) is 18.0 Å². The van der Waals surface area contributed by atoms with Crippen LogP contribution in [0.3, 0.4) is 0 Å². The molecule has 2 atom stereocenters. The fourth-order valence-electron chi connectivity index (χ4n) is 1.80. The van der Waals surface area contributed by atoms with E-state index < -0.39 is 0 Å². The molecule has 1 aromatic heterocycles. The van der Waals surface area contributed by atoms with Gasteiger partial charge < -0.3 is 10.4 Å². The van der Waals surface area contributed by atoms with Crippen molar-refractivity contribution in [1.29, 1.82) is 0 Å². The predicted molar refractivity (Wildman–Crippen MR) is 57.7 cm³/mol. The Morgan fingerprint density at radius 3 is 2.93 bits per heavy atom. The number of aliphatic hydroxyl groups excluding tert-OH is 1. The van der Waals surface area contributed by atoms with Crippen molar-refractivity contribution in [1.82, 2.24) is 10.3 Å². The standard InChI is InChI=1S/C10H14N2O.ClH/c13-7-9-5-8(6-12-9)10-3-1-2-4-11-10;/h1-4,8-9,12-13H,5-7H2;1H/t8-,9-;/m0./s1. The normalized spacial score (nSPS) is 25.8. The van der Waals surface area contributed by atoms with Gasteiger partial charge >= 0.3 is 0 Å². The molecule has 0 bridgehead atoms. The Kier molecular flexibility index (Phi) is 4.32.